The summed E-state index contributed by atoms with van der Waals surface area (Å²) in [5.41, 5.74) is 2.56. The van der Waals surface area contributed by atoms with Gasteiger partial charge in [-0.25, -0.2) is 0 Å². The van der Waals surface area contributed by atoms with E-state index >= 15 is 0 Å². The molecule has 4 nitrogen and oxygen atoms in total. The predicted molar refractivity (Wildman–Crippen MR) is 81.8 cm³/mol. The van der Waals surface area contributed by atoms with Gasteiger partial charge in [-0.05, 0) is 24.3 Å². The van der Waals surface area contributed by atoms with Crippen molar-refractivity contribution in [3.05, 3.63) is 67.7 Å². The number of carbonyl (C=O) groups is 1. The highest BCUT2D eigenvalue weighted by molar-refractivity contribution is 5.74. The number of hydrogen-bond acceptors (Lipinski definition) is 4. The highest BCUT2D eigenvalue weighted by atomic mass is 16.5. The molecule has 1 aromatic heterocycles. The van der Waals surface area contributed by atoms with E-state index in [1.165, 1.54) is 6.08 Å². The highest BCUT2D eigenvalue weighted by Crippen LogP contribution is 2.20. The molecule has 0 N–H and O–H groups in total. The predicted octanol–water partition coefficient (Wildman–Crippen LogP) is 3.35. The van der Waals surface area contributed by atoms with Crippen LogP contribution in [0.4, 0.5) is 0 Å². The van der Waals surface area contributed by atoms with Gasteiger partial charge >= 0.3 is 5.97 Å². The number of carbonyl (C=O) groups excluding carboxylic acids is 1. The highest BCUT2D eigenvalue weighted by Gasteiger charge is 2.04. The van der Waals surface area contributed by atoms with Crippen molar-refractivity contribution < 1.29 is 9.53 Å². The summed E-state index contributed by atoms with van der Waals surface area (Å²) in [5, 5.41) is 0. The Bertz CT molecular complexity index is 631. The maximum absolute atomic E-state index is 11.3. The van der Waals surface area contributed by atoms with Gasteiger partial charge in [0.1, 0.15) is 5.75 Å². The number of benzene rings is 1. The van der Waals surface area contributed by atoms with Crippen molar-refractivity contribution in [2.24, 2.45) is 0 Å². The van der Waals surface area contributed by atoms with Gasteiger partial charge in [0.25, 0.3) is 0 Å². The summed E-state index contributed by atoms with van der Waals surface area (Å²) < 4.78 is 5.14. The average Bonchev–Trinajstić information content (AvgIpc) is 2.49. The lowest BCUT2D eigenvalue weighted by Crippen LogP contribution is -2.05. The van der Waals surface area contributed by atoms with Crippen LogP contribution in [0.2, 0.25) is 0 Å². The Morgan fingerprint density at radius 3 is 2.43 bits per heavy atom. The van der Waals surface area contributed by atoms with Gasteiger partial charge in [-0.3, -0.25) is 14.8 Å². The molecule has 1 aromatic carbocycles. The first-order chi connectivity index (χ1) is 10.2. The van der Waals surface area contributed by atoms with Crippen LogP contribution in [-0.4, -0.2) is 15.9 Å². The van der Waals surface area contributed by atoms with Gasteiger partial charge in [-0.1, -0.05) is 12.2 Å². The van der Waals surface area contributed by atoms with Gasteiger partial charge in [-0.2, -0.15) is 0 Å². The van der Waals surface area contributed by atoms with Gasteiger partial charge in [0.2, 0.25) is 0 Å². The fraction of sp³-hybridized carbons (Fsp3) is 0.118. The molecule has 0 radical (unpaired) electrons. The van der Waals surface area contributed by atoms with E-state index in [1.54, 1.807) is 30.6 Å². The van der Waals surface area contributed by atoms with Crippen LogP contribution in [-0.2, 0) is 11.2 Å². The monoisotopic (exact) mass is 280 g/mol. The third kappa shape index (κ3) is 4.11. The smallest absolute Gasteiger partial charge is 0.315 e. The van der Waals surface area contributed by atoms with Crippen molar-refractivity contribution in [2.75, 3.05) is 0 Å². The molecule has 0 aliphatic carbocycles. The van der Waals surface area contributed by atoms with Crippen LogP contribution in [0, 0.1) is 0 Å². The summed E-state index contributed by atoms with van der Waals surface area (Å²) in [6, 6.07) is 7.15. The number of rotatable bonds is 6. The molecule has 2 aromatic rings. The Morgan fingerprint density at radius 1 is 1.10 bits per heavy atom. The van der Waals surface area contributed by atoms with E-state index in [4.69, 9.17) is 4.74 Å². The second-order valence-corrected chi connectivity index (χ2v) is 4.38. The maximum Gasteiger partial charge on any atom is 0.315 e. The van der Waals surface area contributed by atoms with E-state index in [9.17, 15) is 4.79 Å². The SMILES string of the molecule is C=CCC(=O)Oc1ccc(-c2cnc(CC=C)cn2)cc1. The summed E-state index contributed by atoms with van der Waals surface area (Å²) in [4.78, 5) is 20.0. The summed E-state index contributed by atoms with van der Waals surface area (Å²) >= 11 is 0. The van der Waals surface area contributed by atoms with Crippen LogP contribution < -0.4 is 4.74 Å². The molecule has 0 aliphatic heterocycles. The Balaban J connectivity index is 2.09. The molecule has 4 heteroatoms. The van der Waals surface area contributed by atoms with Crippen LogP contribution in [0.5, 0.6) is 5.75 Å². The molecule has 0 unspecified atom stereocenters. The Labute approximate surface area is 123 Å². The van der Waals surface area contributed by atoms with Crippen LogP contribution >= 0.6 is 0 Å². The molecule has 0 saturated carbocycles. The maximum atomic E-state index is 11.3. The second kappa shape index (κ2) is 7.14. The number of nitrogens with zero attached hydrogens (tertiary/aromatic N) is 2. The standard InChI is InChI=1S/C17H16N2O2/c1-3-5-14-11-19-16(12-18-14)13-7-9-15(10-8-13)21-17(20)6-4-2/h3-4,7-12H,1-2,5-6H2. The average molecular weight is 280 g/mol. The Hall–Kier alpha value is -2.75. The largest absolute Gasteiger partial charge is 0.426 e. The van der Waals surface area contributed by atoms with Gasteiger partial charge in [0.05, 0.1) is 24.0 Å². The fourth-order valence-electron chi connectivity index (χ4n) is 1.74. The molecule has 0 spiro atoms. The lowest BCUT2D eigenvalue weighted by Gasteiger charge is -2.05. The summed E-state index contributed by atoms with van der Waals surface area (Å²) in [7, 11) is 0. The van der Waals surface area contributed by atoms with Crippen LogP contribution in [0.25, 0.3) is 11.3 Å². The summed E-state index contributed by atoms with van der Waals surface area (Å²) in [6.45, 7) is 7.16. The van der Waals surface area contributed by atoms with E-state index in [0.717, 1.165) is 17.0 Å². The van der Waals surface area contributed by atoms with Gasteiger partial charge < -0.3 is 4.74 Å². The fourth-order valence-corrected chi connectivity index (χ4v) is 1.74. The van der Waals surface area contributed by atoms with E-state index in [0.29, 0.717) is 12.2 Å². The van der Waals surface area contributed by atoms with E-state index < -0.39 is 0 Å². The van der Waals surface area contributed by atoms with Gasteiger partial charge in [-0.15, -0.1) is 13.2 Å². The molecule has 0 saturated heterocycles. The molecular formula is C17H16N2O2. The molecular weight excluding hydrogens is 264 g/mol. The minimum Gasteiger partial charge on any atom is -0.426 e. The minimum atomic E-state index is -0.327. The summed E-state index contributed by atoms with van der Waals surface area (Å²) in [6.07, 6.45) is 7.64. The first-order valence-electron chi connectivity index (χ1n) is 6.56. The van der Waals surface area contributed by atoms with E-state index in [-0.39, 0.29) is 12.4 Å². The van der Waals surface area contributed by atoms with Crippen molar-refractivity contribution in [1.82, 2.24) is 9.97 Å². The zero-order chi connectivity index (χ0) is 15.1. The topological polar surface area (TPSA) is 52.1 Å². The zero-order valence-electron chi connectivity index (χ0n) is 11.7. The van der Waals surface area contributed by atoms with Crippen molar-refractivity contribution in [1.29, 1.82) is 0 Å². The Kier molecular flexibility index (Phi) is 4.99. The van der Waals surface area contributed by atoms with E-state index in [1.807, 2.05) is 12.1 Å². The molecule has 0 bridgehead atoms. The third-order valence-corrected chi connectivity index (χ3v) is 2.75. The molecule has 1 heterocycles. The zero-order valence-corrected chi connectivity index (χ0v) is 11.7. The number of esters is 1. The first kappa shape index (κ1) is 14.7. The quantitative estimate of drug-likeness (QED) is 0.462. The van der Waals surface area contributed by atoms with Crippen molar-refractivity contribution in [2.45, 2.75) is 12.8 Å². The molecule has 0 atom stereocenters. The molecule has 0 fully saturated rings. The van der Waals surface area contributed by atoms with Crippen LogP contribution in [0.1, 0.15) is 12.1 Å². The minimum absolute atomic E-state index is 0.192. The van der Waals surface area contributed by atoms with Crippen molar-refractivity contribution in [3.8, 4) is 17.0 Å². The van der Waals surface area contributed by atoms with Crippen molar-refractivity contribution >= 4 is 5.97 Å². The van der Waals surface area contributed by atoms with Gasteiger partial charge in [0, 0.05) is 18.2 Å². The number of allylic oxidation sites excluding steroid dienone is 1. The molecule has 0 aliphatic rings. The lowest BCUT2D eigenvalue weighted by atomic mass is 10.1. The Morgan fingerprint density at radius 2 is 1.86 bits per heavy atom. The first-order valence-corrected chi connectivity index (χ1v) is 6.56. The number of aromatic nitrogens is 2. The molecule has 106 valence electrons. The van der Waals surface area contributed by atoms with Crippen molar-refractivity contribution in [3.63, 3.8) is 0 Å². The summed E-state index contributed by atoms with van der Waals surface area (Å²) in [5.74, 6) is 0.174. The number of hydrogen-bond donors (Lipinski definition) is 0. The normalized spacial score (nSPS) is 9.90. The van der Waals surface area contributed by atoms with E-state index in [2.05, 4.69) is 23.1 Å². The molecule has 21 heavy (non-hydrogen) atoms. The van der Waals surface area contributed by atoms with Crippen LogP contribution in [0.3, 0.4) is 0 Å². The lowest BCUT2D eigenvalue weighted by molar-refractivity contribution is -0.133. The van der Waals surface area contributed by atoms with Gasteiger partial charge in [0.15, 0.2) is 0 Å². The third-order valence-electron chi connectivity index (χ3n) is 2.75. The molecule has 0 amide bonds. The molecule has 2 rings (SSSR count). The number of ether oxygens (including phenoxy) is 1. The van der Waals surface area contributed by atoms with Crippen LogP contribution in [0.15, 0.2) is 62.0 Å². The second-order valence-electron chi connectivity index (χ2n) is 4.38.